The molecular formula is C19H33NO. The smallest absolute Gasteiger partial charge is 0.0779 e. The standard InChI is InChI=1S/C19H33NO/c1-8-20-17(18(21-9-2)19(5,6)7)13-16-12-14(3)10-11-15(16)4/h10-12,17-18,20H,8-9,13H2,1-7H3. The van der Waals surface area contributed by atoms with Gasteiger partial charge in [0.15, 0.2) is 0 Å². The van der Waals surface area contributed by atoms with Gasteiger partial charge in [0.05, 0.1) is 6.10 Å². The summed E-state index contributed by atoms with van der Waals surface area (Å²) in [5.74, 6) is 0. The molecule has 0 spiro atoms. The predicted molar refractivity (Wildman–Crippen MR) is 92.0 cm³/mol. The fourth-order valence-corrected chi connectivity index (χ4v) is 2.95. The van der Waals surface area contributed by atoms with Gasteiger partial charge in [0, 0.05) is 12.6 Å². The van der Waals surface area contributed by atoms with Crippen LogP contribution < -0.4 is 5.32 Å². The van der Waals surface area contributed by atoms with Gasteiger partial charge >= 0.3 is 0 Å². The first kappa shape index (κ1) is 18.2. The molecule has 1 N–H and O–H groups in total. The first-order chi connectivity index (χ1) is 9.79. The second-order valence-electron chi connectivity index (χ2n) is 7.04. The van der Waals surface area contributed by atoms with Gasteiger partial charge in [-0.25, -0.2) is 0 Å². The molecule has 0 bridgehead atoms. The first-order valence-electron chi connectivity index (χ1n) is 8.20. The van der Waals surface area contributed by atoms with Gasteiger partial charge in [-0.05, 0) is 50.3 Å². The maximum atomic E-state index is 6.10. The van der Waals surface area contributed by atoms with Gasteiger partial charge in [-0.1, -0.05) is 51.5 Å². The van der Waals surface area contributed by atoms with E-state index < -0.39 is 0 Å². The second kappa shape index (κ2) is 7.95. The van der Waals surface area contributed by atoms with Gasteiger partial charge < -0.3 is 10.1 Å². The maximum absolute atomic E-state index is 6.10. The molecule has 0 radical (unpaired) electrons. The lowest BCUT2D eigenvalue weighted by molar-refractivity contribution is -0.0352. The molecule has 2 atom stereocenters. The van der Waals surface area contributed by atoms with Crippen LogP contribution in [0.1, 0.15) is 51.3 Å². The van der Waals surface area contributed by atoms with Gasteiger partial charge in [0.2, 0.25) is 0 Å². The number of aryl methyl sites for hydroxylation is 2. The molecule has 0 aliphatic carbocycles. The molecule has 0 aliphatic heterocycles. The minimum absolute atomic E-state index is 0.126. The lowest BCUT2D eigenvalue weighted by atomic mass is 9.81. The Hall–Kier alpha value is -0.860. The minimum atomic E-state index is 0.126. The number of rotatable bonds is 7. The van der Waals surface area contributed by atoms with Crippen LogP contribution in [-0.2, 0) is 11.2 Å². The summed E-state index contributed by atoms with van der Waals surface area (Å²) in [6.07, 6.45) is 1.23. The quantitative estimate of drug-likeness (QED) is 0.810. The number of hydrogen-bond acceptors (Lipinski definition) is 2. The summed E-state index contributed by atoms with van der Waals surface area (Å²) in [5.41, 5.74) is 4.25. The fourth-order valence-electron chi connectivity index (χ4n) is 2.95. The Morgan fingerprint density at radius 2 is 1.81 bits per heavy atom. The topological polar surface area (TPSA) is 21.3 Å². The van der Waals surface area contributed by atoms with Crippen LogP contribution >= 0.6 is 0 Å². The summed E-state index contributed by atoms with van der Waals surface area (Å²) in [5, 5.41) is 3.64. The summed E-state index contributed by atoms with van der Waals surface area (Å²) in [7, 11) is 0. The van der Waals surface area contributed by atoms with Crippen molar-refractivity contribution in [3.8, 4) is 0 Å². The number of hydrogen-bond donors (Lipinski definition) is 1. The molecule has 2 nitrogen and oxygen atoms in total. The monoisotopic (exact) mass is 291 g/mol. The van der Waals surface area contributed by atoms with E-state index in [2.05, 4.69) is 72.0 Å². The number of benzene rings is 1. The normalized spacial score (nSPS) is 15.0. The molecule has 0 aromatic heterocycles. The molecule has 2 heteroatoms. The van der Waals surface area contributed by atoms with Crippen LogP contribution in [0.25, 0.3) is 0 Å². The van der Waals surface area contributed by atoms with Gasteiger partial charge in [-0.3, -0.25) is 0 Å². The fraction of sp³-hybridized carbons (Fsp3) is 0.684. The van der Waals surface area contributed by atoms with E-state index in [1.165, 1.54) is 16.7 Å². The third kappa shape index (κ3) is 5.44. The van der Waals surface area contributed by atoms with Crippen molar-refractivity contribution in [3.63, 3.8) is 0 Å². The minimum Gasteiger partial charge on any atom is -0.376 e. The average molecular weight is 291 g/mol. The maximum Gasteiger partial charge on any atom is 0.0779 e. The summed E-state index contributed by atoms with van der Waals surface area (Å²) in [6.45, 7) is 17.1. The van der Waals surface area contributed by atoms with Crippen LogP contribution in [0, 0.1) is 19.3 Å². The molecule has 1 aromatic rings. The Morgan fingerprint density at radius 1 is 1.14 bits per heavy atom. The van der Waals surface area contributed by atoms with Crippen molar-refractivity contribution in [3.05, 3.63) is 34.9 Å². The van der Waals surface area contributed by atoms with E-state index in [-0.39, 0.29) is 11.5 Å². The molecular weight excluding hydrogens is 258 g/mol. The Kier molecular flexibility index (Phi) is 6.89. The third-order valence-corrected chi connectivity index (χ3v) is 3.98. The molecule has 0 amide bonds. The van der Waals surface area contributed by atoms with Crippen molar-refractivity contribution in [2.45, 2.75) is 67.0 Å². The number of nitrogens with one attached hydrogen (secondary N) is 1. The summed E-state index contributed by atoms with van der Waals surface area (Å²) < 4.78 is 6.10. The molecule has 21 heavy (non-hydrogen) atoms. The van der Waals surface area contributed by atoms with Crippen LogP contribution in [-0.4, -0.2) is 25.3 Å². The average Bonchev–Trinajstić information content (AvgIpc) is 2.38. The van der Waals surface area contributed by atoms with E-state index in [1.807, 2.05) is 0 Å². The summed E-state index contributed by atoms with van der Waals surface area (Å²) in [4.78, 5) is 0. The van der Waals surface area contributed by atoms with Gasteiger partial charge in [0.1, 0.15) is 0 Å². The van der Waals surface area contributed by atoms with Crippen molar-refractivity contribution >= 4 is 0 Å². The summed E-state index contributed by atoms with van der Waals surface area (Å²) in [6, 6.07) is 7.06. The summed E-state index contributed by atoms with van der Waals surface area (Å²) >= 11 is 0. The number of likely N-dealkylation sites (N-methyl/N-ethyl adjacent to an activating group) is 1. The van der Waals surface area contributed by atoms with Crippen LogP contribution in [0.5, 0.6) is 0 Å². The van der Waals surface area contributed by atoms with Crippen molar-refractivity contribution in [2.24, 2.45) is 5.41 Å². The molecule has 120 valence electrons. The SMILES string of the molecule is CCNC(Cc1cc(C)ccc1C)C(OCC)C(C)(C)C. The molecule has 0 saturated heterocycles. The highest BCUT2D eigenvalue weighted by Gasteiger charge is 2.32. The van der Waals surface area contributed by atoms with E-state index in [9.17, 15) is 0 Å². The Balaban J connectivity index is 3.01. The molecule has 1 rings (SSSR count). The van der Waals surface area contributed by atoms with E-state index in [4.69, 9.17) is 4.74 Å². The molecule has 0 heterocycles. The van der Waals surface area contributed by atoms with Crippen molar-refractivity contribution < 1.29 is 4.74 Å². The zero-order valence-corrected chi connectivity index (χ0v) is 14.9. The lowest BCUT2D eigenvalue weighted by Crippen LogP contribution is -2.49. The highest BCUT2D eigenvalue weighted by molar-refractivity contribution is 5.31. The van der Waals surface area contributed by atoms with E-state index in [1.54, 1.807) is 0 Å². The Bertz CT molecular complexity index is 434. The molecule has 0 saturated carbocycles. The lowest BCUT2D eigenvalue weighted by Gasteiger charge is -2.37. The first-order valence-corrected chi connectivity index (χ1v) is 8.20. The zero-order valence-electron chi connectivity index (χ0n) is 14.9. The van der Waals surface area contributed by atoms with Gasteiger partial charge in [0.25, 0.3) is 0 Å². The van der Waals surface area contributed by atoms with Crippen molar-refractivity contribution in [2.75, 3.05) is 13.2 Å². The highest BCUT2D eigenvalue weighted by atomic mass is 16.5. The molecule has 2 unspecified atom stereocenters. The van der Waals surface area contributed by atoms with Crippen LogP contribution in [0.2, 0.25) is 0 Å². The molecule has 0 fully saturated rings. The van der Waals surface area contributed by atoms with Crippen molar-refractivity contribution in [1.82, 2.24) is 5.32 Å². The third-order valence-electron chi connectivity index (χ3n) is 3.98. The van der Waals surface area contributed by atoms with Crippen molar-refractivity contribution in [1.29, 1.82) is 0 Å². The predicted octanol–water partition coefficient (Wildman–Crippen LogP) is 4.28. The van der Waals surface area contributed by atoms with E-state index in [0.717, 1.165) is 19.6 Å². The van der Waals surface area contributed by atoms with Crippen LogP contribution in [0.15, 0.2) is 18.2 Å². The Labute approximate surface area is 131 Å². The van der Waals surface area contributed by atoms with E-state index >= 15 is 0 Å². The molecule has 0 aliphatic rings. The van der Waals surface area contributed by atoms with E-state index in [0.29, 0.717) is 6.04 Å². The number of ether oxygens (including phenoxy) is 1. The van der Waals surface area contributed by atoms with Crippen LogP contribution in [0.3, 0.4) is 0 Å². The largest absolute Gasteiger partial charge is 0.376 e. The Morgan fingerprint density at radius 3 is 2.33 bits per heavy atom. The van der Waals surface area contributed by atoms with Gasteiger partial charge in [-0.2, -0.15) is 0 Å². The zero-order chi connectivity index (χ0) is 16.0. The second-order valence-corrected chi connectivity index (χ2v) is 7.04. The van der Waals surface area contributed by atoms with Gasteiger partial charge in [-0.15, -0.1) is 0 Å². The molecule has 1 aromatic carbocycles. The highest BCUT2D eigenvalue weighted by Crippen LogP contribution is 2.27. The van der Waals surface area contributed by atoms with Crippen LogP contribution in [0.4, 0.5) is 0 Å².